The van der Waals surface area contributed by atoms with E-state index in [-0.39, 0.29) is 17.8 Å². The molecule has 1 saturated carbocycles. The second kappa shape index (κ2) is 8.76. The van der Waals surface area contributed by atoms with Crippen LogP contribution >= 0.6 is 0 Å². The van der Waals surface area contributed by atoms with E-state index in [1.807, 2.05) is 12.1 Å². The van der Waals surface area contributed by atoms with Gasteiger partial charge >= 0.3 is 6.03 Å². The molecule has 2 fully saturated rings. The van der Waals surface area contributed by atoms with Gasteiger partial charge in [0.15, 0.2) is 0 Å². The van der Waals surface area contributed by atoms with Crippen LogP contribution in [0.15, 0.2) is 24.3 Å². The largest absolute Gasteiger partial charge is 0.356 e. The van der Waals surface area contributed by atoms with E-state index in [0.717, 1.165) is 37.7 Å². The van der Waals surface area contributed by atoms with Crippen LogP contribution in [0.2, 0.25) is 0 Å². The van der Waals surface area contributed by atoms with E-state index in [0.29, 0.717) is 31.8 Å². The molecule has 4 amide bonds. The summed E-state index contributed by atoms with van der Waals surface area (Å²) >= 11 is 0. The Bertz CT molecular complexity index is 721. The van der Waals surface area contributed by atoms with Crippen molar-refractivity contribution in [2.24, 2.45) is 5.92 Å². The van der Waals surface area contributed by atoms with E-state index < -0.39 is 5.54 Å². The quantitative estimate of drug-likeness (QED) is 0.533. The van der Waals surface area contributed by atoms with E-state index in [1.54, 1.807) is 0 Å². The lowest BCUT2D eigenvalue weighted by Gasteiger charge is -2.20. The first-order chi connectivity index (χ1) is 13.4. The minimum atomic E-state index is -0.651. The molecule has 6 heteroatoms. The maximum absolute atomic E-state index is 12.6. The van der Waals surface area contributed by atoms with Crippen LogP contribution in [0.3, 0.4) is 0 Å². The highest BCUT2D eigenvalue weighted by molar-refractivity contribution is 6.07. The number of rotatable bonds is 8. The maximum Gasteiger partial charge on any atom is 0.325 e. The normalized spacial score (nSPS) is 18.2. The van der Waals surface area contributed by atoms with Crippen LogP contribution in [0, 0.1) is 5.92 Å². The van der Waals surface area contributed by atoms with Crippen LogP contribution in [0.4, 0.5) is 4.79 Å². The van der Waals surface area contributed by atoms with Gasteiger partial charge in [-0.1, -0.05) is 51.0 Å². The molecule has 0 unspecified atom stereocenters. The SMILES string of the molecule is CC(C)Cc1ccc(CC(=O)NCCCN2C(=O)NC3(CCCC3)C2=O)cc1. The van der Waals surface area contributed by atoms with Gasteiger partial charge in [-0.05, 0) is 42.7 Å². The third kappa shape index (κ3) is 4.72. The lowest BCUT2D eigenvalue weighted by molar-refractivity contribution is -0.131. The molecule has 0 radical (unpaired) electrons. The van der Waals surface area contributed by atoms with Crippen LogP contribution in [-0.4, -0.2) is 41.4 Å². The predicted molar refractivity (Wildman–Crippen MR) is 108 cm³/mol. The summed E-state index contributed by atoms with van der Waals surface area (Å²) in [6.45, 7) is 5.17. The van der Waals surface area contributed by atoms with E-state index in [4.69, 9.17) is 0 Å². The zero-order valence-electron chi connectivity index (χ0n) is 16.9. The number of benzene rings is 1. The average Bonchev–Trinajstić information content (AvgIpc) is 3.20. The zero-order chi connectivity index (χ0) is 20.1. The molecule has 1 saturated heterocycles. The molecule has 0 bridgehead atoms. The monoisotopic (exact) mass is 385 g/mol. The van der Waals surface area contributed by atoms with E-state index in [9.17, 15) is 14.4 Å². The number of amides is 4. The molecule has 1 aromatic carbocycles. The predicted octanol–water partition coefficient (Wildman–Crippen LogP) is 2.80. The Balaban J connectivity index is 1.39. The highest BCUT2D eigenvalue weighted by Gasteiger charge is 2.51. The fourth-order valence-electron chi connectivity index (χ4n) is 4.17. The van der Waals surface area contributed by atoms with Crippen molar-refractivity contribution >= 4 is 17.8 Å². The molecular weight excluding hydrogens is 354 g/mol. The van der Waals surface area contributed by atoms with Crippen LogP contribution < -0.4 is 10.6 Å². The fourth-order valence-corrected chi connectivity index (χ4v) is 4.17. The summed E-state index contributed by atoms with van der Waals surface area (Å²) < 4.78 is 0. The number of nitrogens with zero attached hydrogens (tertiary/aromatic N) is 1. The Labute approximate surface area is 167 Å². The molecule has 0 aromatic heterocycles. The molecule has 1 aromatic rings. The molecule has 3 rings (SSSR count). The Morgan fingerprint density at radius 3 is 2.43 bits per heavy atom. The molecule has 1 aliphatic heterocycles. The van der Waals surface area contributed by atoms with Crippen molar-refractivity contribution in [2.45, 2.75) is 64.3 Å². The summed E-state index contributed by atoms with van der Waals surface area (Å²) in [5, 5.41) is 5.76. The van der Waals surface area contributed by atoms with Gasteiger partial charge < -0.3 is 10.6 Å². The number of nitrogens with one attached hydrogen (secondary N) is 2. The van der Waals surface area contributed by atoms with Crippen molar-refractivity contribution in [3.63, 3.8) is 0 Å². The molecule has 152 valence electrons. The fraction of sp³-hybridized carbons (Fsp3) is 0.591. The van der Waals surface area contributed by atoms with Crippen LogP contribution in [0.25, 0.3) is 0 Å². The minimum absolute atomic E-state index is 0.0407. The summed E-state index contributed by atoms with van der Waals surface area (Å²) in [7, 11) is 0. The summed E-state index contributed by atoms with van der Waals surface area (Å²) in [4.78, 5) is 38.1. The molecular formula is C22H31N3O3. The van der Waals surface area contributed by atoms with Crippen LogP contribution in [0.1, 0.15) is 57.1 Å². The first kappa shape index (κ1) is 20.4. The topological polar surface area (TPSA) is 78.5 Å². The highest BCUT2D eigenvalue weighted by atomic mass is 16.2. The Hall–Kier alpha value is -2.37. The lowest BCUT2D eigenvalue weighted by atomic mass is 9.98. The van der Waals surface area contributed by atoms with Gasteiger partial charge in [0.05, 0.1) is 6.42 Å². The minimum Gasteiger partial charge on any atom is -0.356 e. The average molecular weight is 386 g/mol. The van der Waals surface area contributed by atoms with Gasteiger partial charge in [0.25, 0.3) is 5.91 Å². The van der Waals surface area contributed by atoms with Crippen molar-refractivity contribution < 1.29 is 14.4 Å². The number of hydrogen-bond donors (Lipinski definition) is 2. The van der Waals surface area contributed by atoms with Gasteiger partial charge in [0.2, 0.25) is 5.91 Å². The smallest absolute Gasteiger partial charge is 0.325 e. The Kier molecular flexibility index (Phi) is 6.37. The molecule has 6 nitrogen and oxygen atoms in total. The zero-order valence-corrected chi connectivity index (χ0v) is 16.9. The number of imide groups is 1. The van der Waals surface area contributed by atoms with Crippen molar-refractivity contribution in [3.8, 4) is 0 Å². The van der Waals surface area contributed by atoms with E-state index >= 15 is 0 Å². The number of hydrogen-bond acceptors (Lipinski definition) is 3. The molecule has 28 heavy (non-hydrogen) atoms. The molecule has 2 aliphatic rings. The van der Waals surface area contributed by atoms with Gasteiger partial charge in [-0.15, -0.1) is 0 Å². The van der Waals surface area contributed by atoms with Crippen LogP contribution in [0.5, 0.6) is 0 Å². The van der Waals surface area contributed by atoms with E-state index in [1.165, 1.54) is 10.5 Å². The first-order valence-corrected chi connectivity index (χ1v) is 10.4. The second-order valence-electron chi connectivity index (χ2n) is 8.47. The molecule has 1 heterocycles. The maximum atomic E-state index is 12.6. The third-order valence-electron chi connectivity index (χ3n) is 5.62. The number of carbonyl (C=O) groups is 3. The van der Waals surface area contributed by atoms with Gasteiger partial charge in [0, 0.05) is 13.1 Å². The van der Waals surface area contributed by atoms with Gasteiger partial charge in [-0.2, -0.15) is 0 Å². The van der Waals surface area contributed by atoms with Gasteiger partial charge in [0.1, 0.15) is 5.54 Å². The van der Waals surface area contributed by atoms with Gasteiger partial charge in [-0.25, -0.2) is 4.79 Å². The van der Waals surface area contributed by atoms with Crippen molar-refractivity contribution in [1.82, 2.24) is 15.5 Å². The third-order valence-corrected chi connectivity index (χ3v) is 5.62. The number of carbonyl (C=O) groups excluding carboxylic acids is 3. The Morgan fingerprint density at radius 2 is 1.79 bits per heavy atom. The molecule has 0 atom stereocenters. The highest BCUT2D eigenvalue weighted by Crippen LogP contribution is 2.34. The first-order valence-electron chi connectivity index (χ1n) is 10.4. The summed E-state index contributed by atoms with van der Waals surface area (Å²) in [5.74, 6) is 0.478. The van der Waals surface area contributed by atoms with Crippen LogP contribution in [-0.2, 0) is 22.4 Å². The molecule has 2 N–H and O–H groups in total. The van der Waals surface area contributed by atoms with E-state index in [2.05, 4.69) is 36.6 Å². The lowest BCUT2D eigenvalue weighted by Crippen LogP contribution is -2.44. The van der Waals surface area contributed by atoms with Crippen molar-refractivity contribution in [2.75, 3.05) is 13.1 Å². The second-order valence-corrected chi connectivity index (χ2v) is 8.47. The van der Waals surface area contributed by atoms with Crippen molar-refractivity contribution in [3.05, 3.63) is 35.4 Å². The molecule has 1 spiro atoms. The Morgan fingerprint density at radius 1 is 1.14 bits per heavy atom. The standard InChI is InChI=1S/C22H31N3O3/c1-16(2)14-17-6-8-18(9-7-17)15-19(26)23-12-5-13-25-20(27)22(24-21(25)28)10-3-4-11-22/h6-9,16H,3-5,10-15H2,1-2H3,(H,23,26)(H,24,28). The van der Waals surface area contributed by atoms with Crippen molar-refractivity contribution in [1.29, 1.82) is 0 Å². The summed E-state index contributed by atoms with van der Waals surface area (Å²) in [5.41, 5.74) is 1.62. The molecule has 1 aliphatic carbocycles. The van der Waals surface area contributed by atoms with Gasteiger partial charge in [-0.3, -0.25) is 14.5 Å². The summed E-state index contributed by atoms with van der Waals surface area (Å²) in [6, 6.07) is 7.88. The number of urea groups is 1. The summed E-state index contributed by atoms with van der Waals surface area (Å²) in [6.07, 6.45) is 5.38.